The van der Waals surface area contributed by atoms with Gasteiger partial charge in [0.2, 0.25) is 16.8 Å². The third kappa shape index (κ3) is 10.7. The van der Waals surface area contributed by atoms with Crippen LogP contribution < -0.4 is 19.5 Å². The lowest BCUT2D eigenvalue weighted by Gasteiger charge is -2.31. The summed E-state index contributed by atoms with van der Waals surface area (Å²) >= 11 is 0. The summed E-state index contributed by atoms with van der Waals surface area (Å²) in [6.45, 7) is 13.9. The van der Waals surface area contributed by atoms with E-state index >= 15 is 0 Å². The first-order valence-electron chi connectivity index (χ1n) is 15.9. The van der Waals surface area contributed by atoms with Gasteiger partial charge in [-0.3, -0.25) is 4.90 Å². The second-order valence-electron chi connectivity index (χ2n) is 13.1. The van der Waals surface area contributed by atoms with E-state index in [2.05, 4.69) is 10.2 Å². The van der Waals surface area contributed by atoms with E-state index in [4.69, 9.17) is 23.7 Å². The Morgan fingerprint density at radius 1 is 1.04 bits per heavy atom. The molecular weight excluding hydrogens is 614 g/mol. The number of sulfonamides is 1. The van der Waals surface area contributed by atoms with E-state index in [0.29, 0.717) is 18.1 Å². The second kappa shape index (κ2) is 16.1. The van der Waals surface area contributed by atoms with Gasteiger partial charge in [-0.05, 0) is 69.4 Å². The van der Waals surface area contributed by atoms with Gasteiger partial charge in [0.1, 0.15) is 11.4 Å². The zero-order chi connectivity index (χ0) is 33.3. The van der Waals surface area contributed by atoms with Gasteiger partial charge in [-0.1, -0.05) is 26.0 Å². The molecule has 2 atom stereocenters. The highest BCUT2D eigenvalue weighted by atomic mass is 32.2. The SMILES string of the molecule is CC(C)CN(C[C@@H](O)[C@H](Cc1ccc(OCCCN2CCOCC2)cc1)NC(=O)OC(C)(C)C)S(=O)(=O)c1ccc2c(c1)OCO2. The molecule has 12 nitrogen and oxygen atoms in total. The van der Waals surface area contributed by atoms with Crippen molar-refractivity contribution in [2.45, 2.75) is 70.1 Å². The summed E-state index contributed by atoms with van der Waals surface area (Å²) in [7, 11) is -4.03. The molecule has 0 spiro atoms. The molecule has 256 valence electrons. The number of fused-ring (bicyclic) bond motifs is 1. The Kier molecular flexibility index (Phi) is 12.5. The lowest BCUT2D eigenvalue weighted by Crippen LogP contribution is -2.51. The fourth-order valence-corrected chi connectivity index (χ4v) is 6.86. The molecule has 1 amide bonds. The molecule has 0 aliphatic carbocycles. The topological polar surface area (TPSA) is 136 Å². The highest BCUT2D eigenvalue weighted by molar-refractivity contribution is 7.89. The molecule has 2 heterocycles. The molecule has 0 unspecified atom stereocenters. The Balaban J connectivity index is 1.44. The molecule has 0 aromatic heterocycles. The number of morpholine rings is 1. The maximum absolute atomic E-state index is 13.8. The van der Waals surface area contributed by atoms with E-state index in [1.54, 1.807) is 26.8 Å². The maximum Gasteiger partial charge on any atom is 0.407 e. The number of nitrogens with one attached hydrogen (secondary N) is 1. The van der Waals surface area contributed by atoms with E-state index < -0.39 is 33.9 Å². The smallest absolute Gasteiger partial charge is 0.407 e. The zero-order valence-electron chi connectivity index (χ0n) is 27.6. The van der Waals surface area contributed by atoms with Gasteiger partial charge in [0.25, 0.3) is 0 Å². The minimum atomic E-state index is -4.03. The van der Waals surface area contributed by atoms with Gasteiger partial charge in [0.05, 0.1) is 36.9 Å². The Labute approximate surface area is 272 Å². The van der Waals surface area contributed by atoms with Crippen LogP contribution in [0.5, 0.6) is 17.2 Å². The molecule has 2 aliphatic rings. The third-order valence-electron chi connectivity index (χ3n) is 7.48. The number of rotatable bonds is 15. The summed E-state index contributed by atoms with van der Waals surface area (Å²) in [5.41, 5.74) is 0.0713. The van der Waals surface area contributed by atoms with Crippen molar-refractivity contribution in [1.29, 1.82) is 0 Å². The average Bonchev–Trinajstić information content (AvgIpc) is 3.47. The largest absolute Gasteiger partial charge is 0.494 e. The van der Waals surface area contributed by atoms with Crippen LogP contribution in [-0.2, 0) is 25.9 Å². The van der Waals surface area contributed by atoms with Crippen molar-refractivity contribution in [3.63, 3.8) is 0 Å². The van der Waals surface area contributed by atoms with Crippen LogP contribution in [0.3, 0.4) is 0 Å². The van der Waals surface area contributed by atoms with Gasteiger partial charge in [0, 0.05) is 38.8 Å². The van der Waals surface area contributed by atoms with Crippen LogP contribution in [0.2, 0.25) is 0 Å². The number of benzene rings is 2. The molecule has 46 heavy (non-hydrogen) atoms. The van der Waals surface area contributed by atoms with Crippen LogP contribution in [0.25, 0.3) is 0 Å². The molecule has 0 saturated carbocycles. The number of aliphatic hydroxyl groups is 1. The van der Waals surface area contributed by atoms with E-state index in [1.165, 1.54) is 16.4 Å². The van der Waals surface area contributed by atoms with E-state index in [-0.39, 0.29) is 37.1 Å². The summed E-state index contributed by atoms with van der Waals surface area (Å²) < 4.78 is 56.4. The number of hydrogen-bond acceptors (Lipinski definition) is 10. The molecule has 0 radical (unpaired) electrons. The van der Waals surface area contributed by atoms with Crippen molar-refractivity contribution in [3.8, 4) is 17.2 Å². The van der Waals surface area contributed by atoms with Crippen molar-refractivity contribution >= 4 is 16.1 Å². The molecule has 2 aliphatic heterocycles. The molecule has 2 N–H and O–H groups in total. The highest BCUT2D eigenvalue weighted by Crippen LogP contribution is 2.35. The number of carbonyl (C=O) groups excluding carboxylic acids is 1. The lowest BCUT2D eigenvalue weighted by atomic mass is 10.0. The Morgan fingerprint density at radius 2 is 1.74 bits per heavy atom. The van der Waals surface area contributed by atoms with Crippen LogP contribution in [-0.4, -0.2) is 106 Å². The highest BCUT2D eigenvalue weighted by Gasteiger charge is 2.33. The maximum atomic E-state index is 13.8. The predicted octanol–water partition coefficient (Wildman–Crippen LogP) is 3.66. The lowest BCUT2D eigenvalue weighted by molar-refractivity contribution is 0.0358. The van der Waals surface area contributed by atoms with E-state index in [1.807, 2.05) is 38.1 Å². The van der Waals surface area contributed by atoms with Crippen LogP contribution in [0.15, 0.2) is 47.4 Å². The molecule has 0 bridgehead atoms. The minimum absolute atomic E-state index is 0.0211. The number of alkyl carbamates (subject to hydrolysis) is 1. The van der Waals surface area contributed by atoms with Crippen molar-refractivity contribution < 1.29 is 42.0 Å². The van der Waals surface area contributed by atoms with Crippen molar-refractivity contribution in [2.24, 2.45) is 5.92 Å². The van der Waals surface area contributed by atoms with Crippen molar-refractivity contribution in [3.05, 3.63) is 48.0 Å². The second-order valence-corrected chi connectivity index (χ2v) is 15.0. The fraction of sp³-hybridized carbons (Fsp3) is 0.606. The summed E-state index contributed by atoms with van der Waals surface area (Å²) in [6, 6.07) is 11.1. The molecule has 1 fully saturated rings. The standard InChI is InChI=1S/C33H49N3O9S/c1-24(2)21-36(46(39,40)27-11-12-30-31(20-27)44-23-43-30)22-29(37)28(34-32(38)45-33(3,4)5)19-25-7-9-26(10-8-25)42-16-6-13-35-14-17-41-18-15-35/h7-12,20,24,28-29,37H,6,13-19,21-23H2,1-5H3,(H,34,38)/t28-,29+/m0/s1. The zero-order valence-corrected chi connectivity index (χ0v) is 28.4. The Hall–Kier alpha value is -3.10. The van der Waals surface area contributed by atoms with Gasteiger partial charge >= 0.3 is 6.09 Å². The van der Waals surface area contributed by atoms with Crippen LogP contribution in [0, 0.1) is 5.92 Å². The first-order valence-corrected chi connectivity index (χ1v) is 17.3. The summed E-state index contributed by atoms with van der Waals surface area (Å²) in [5.74, 6) is 1.51. The number of aliphatic hydroxyl groups excluding tert-OH is 1. The van der Waals surface area contributed by atoms with Crippen LogP contribution >= 0.6 is 0 Å². The van der Waals surface area contributed by atoms with Gasteiger partial charge in [-0.15, -0.1) is 0 Å². The van der Waals surface area contributed by atoms with Gasteiger partial charge in [0.15, 0.2) is 11.5 Å². The number of ether oxygens (including phenoxy) is 5. The molecule has 2 aromatic carbocycles. The molecule has 4 rings (SSSR count). The van der Waals surface area contributed by atoms with Crippen LogP contribution in [0.4, 0.5) is 4.79 Å². The quantitative estimate of drug-likeness (QED) is 0.272. The molecular formula is C33H49N3O9S. The third-order valence-corrected chi connectivity index (χ3v) is 9.31. The average molecular weight is 664 g/mol. The Morgan fingerprint density at radius 3 is 2.41 bits per heavy atom. The van der Waals surface area contributed by atoms with Gasteiger partial charge in [-0.2, -0.15) is 4.31 Å². The number of nitrogens with zero attached hydrogens (tertiary/aromatic N) is 2. The predicted molar refractivity (Wildman–Crippen MR) is 173 cm³/mol. The summed E-state index contributed by atoms with van der Waals surface area (Å²) in [6.07, 6.45) is -0.827. The molecule has 13 heteroatoms. The van der Waals surface area contributed by atoms with Crippen LogP contribution in [0.1, 0.15) is 46.6 Å². The first-order chi connectivity index (χ1) is 21.8. The van der Waals surface area contributed by atoms with Gasteiger partial charge in [-0.25, -0.2) is 13.2 Å². The monoisotopic (exact) mass is 663 g/mol. The first kappa shape index (κ1) is 35.7. The van der Waals surface area contributed by atoms with Gasteiger partial charge < -0.3 is 34.1 Å². The number of hydrogen-bond donors (Lipinski definition) is 2. The van der Waals surface area contributed by atoms with Crippen molar-refractivity contribution in [1.82, 2.24) is 14.5 Å². The molecule has 2 aromatic rings. The van der Waals surface area contributed by atoms with Crippen molar-refractivity contribution in [2.75, 3.05) is 59.3 Å². The number of amides is 1. The Bertz CT molecular complexity index is 1370. The summed E-state index contributed by atoms with van der Waals surface area (Å²) in [4.78, 5) is 15.2. The van der Waals surface area contributed by atoms with E-state index in [0.717, 1.165) is 50.6 Å². The van der Waals surface area contributed by atoms with E-state index in [9.17, 15) is 18.3 Å². The molecule has 1 saturated heterocycles. The number of carbonyl (C=O) groups is 1. The minimum Gasteiger partial charge on any atom is -0.494 e. The summed E-state index contributed by atoms with van der Waals surface area (Å²) in [5, 5.41) is 14.3. The normalized spacial score (nSPS) is 16.8. The fourth-order valence-electron chi connectivity index (χ4n) is 5.22.